The predicted octanol–water partition coefficient (Wildman–Crippen LogP) is 4.06. The molecule has 3 aromatic rings. The van der Waals surface area contributed by atoms with Crippen molar-refractivity contribution in [2.75, 3.05) is 7.11 Å². The minimum absolute atomic E-state index is 0.303. The highest BCUT2D eigenvalue weighted by Crippen LogP contribution is 2.53. The summed E-state index contributed by atoms with van der Waals surface area (Å²) < 4.78 is 27.6. The van der Waals surface area contributed by atoms with Crippen molar-refractivity contribution in [2.24, 2.45) is 0 Å². The average molecular weight is 379 g/mol. The summed E-state index contributed by atoms with van der Waals surface area (Å²) in [5, 5.41) is 9.47. The van der Waals surface area contributed by atoms with Gasteiger partial charge in [-0.3, -0.25) is 18.5 Å². The number of benzene rings is 1. The summed E-state index contributed by atoms with van der Waals surface area (Å²) >= 11 is 1.25. The summed E-state index contributed by atoms with van der Waals surface area (Å²) in [7, 11) is -1.61. The number of rotatable bonds is 5. The molecule has 0 spiro atoms. The summed E-state index contributed by atoms with van der Waals surface area (Å²) in [6.07, 6.45) is 1.41. The Morgan fingerprint density at radius 3 is 2.52 bits per heavy atom. The second-order valence-corrected chi connectivity index (χ2v) is 8.69. The maximum absolute atomic E-state index is 11.9. The first-order chi connectivity index (χ1) is 11.9. The Bertz CT molecular complexity index is 931. The lowest BCUT2D eigenvalue weighted by Crippen LogP contribution is -2.21. The first kappa shape index (κ1) is 17.6. The molecule has 2 aromatic heterocycles. The first-order valence-electron chi connectivity index (χ1n) is 7.29. The van der Waals surface area contributed by atoms with Crippen molar-refractivity contribution in [1.82, 2.24) is 4.57 Å². The summed E-state index contributed by atoms with van der Waals surface area (Å²) in [5.41, 5.74) is 0.274. The van der Waals surface area contributed by atoms with Crippen LogP contribution in [0.5, 0.6) is 11.5 Å². The van der Waals surface area contributed by atoms with Crippen molar-refractivity contribution in [1.29, 1.82) is 0 Å². The SMILES string of the molecule is COc1ccc(-c2ccc(S(O)(O)Cn3cccc(O)c3=O)s2)cc1. The zero-order chi connectivity index (χ0) is 18.0. The zero-order valence-corrected chi connectivity index (χ0v) is 15.0. The molecule has 1 aromatic carbocycles. The summed E-state index contributed by atoms with van der Waals surface area (Å²) in [6.45, 7) is 0. The van der Waals surface area contributed by atoms with Gasteiger partial charge in [-0.2, -0.15) is 0 Å². The Hall–Kier alpha value is -2.26. The fraction of sp³-hybridized carbons (Fsp3) is 0.118. The molecule has 0 unspecified atom stereocenters. The molecule has 8 heteroatoms. The summed E-state index contributed by atoms with van der Waals surface area (Å²) in [5.74, 6) is 0.0129. The maximum Gasteiger partial charge on any atom is 0.293 e. The maximum atomic E-state index is 11.9. The molecular formula is C17H17NO5S2. The van der Waals surface area contributed by atoms with E-state index in [-0.39, 0.29) is 5.88 Å². The molecule has 0 fully saturated rings. The number of thiophene rings is 1. The van der Waals surface area contributed by atoms with Crippen molar-refractivity contribution in [2.45, 2.75) is 10.1 Å². The second kappa shape index (κ2) is 6.93. The van der Waals surface area contributed by atoms with E-state index in [9.17, 15) is 19.0 Å². The third-order valence-corrected chi connectivity index (χ3v) is 7.00. The van der Waals surface area contributed by atoms with Crippen molar-refractivity contribution < 1.29 is 18.9 Å². The molecular weight excluding hydrogens is 362 g/mol. The number of aromatic nitrogens is 1. The highest BCUT2D eigenvalue weighted by atomic mass is 32.3. The highest BCUT2D eigenvalue weighted by molar-refractivity contribution is 8.24. The van der Waals surface area contributed by atoms with E-state index in [2.05, 4.69) is 0 Å². The van der Waals surface area contributed by atoms with Crippen LogP contribution in [0.25, 0.3) is 10.4 Å². The van der Waals surface area contributed by atoms with Gasteiger partial charge in [-0.05, 0) is 54.1 Å². The molecule has 0 aliphatic carbocycles. The van der Waals surface area contributed by atoms with Gasteiger partial charge in [0, 0.05) is 11.1 Å². The molecule has 0 aliphatic heterocycles. The lowest BCUT2D eigenvalue weighted by atomic mass is 10.2. The Morgan fingerprint density at radius 1 is 1.12 bits per heavy atom. The van der Waals surface area contributed by atoms with E-state index in [4.69, 9.17) is 4.74 Å². The van der Waals surface area contributed by atoms with Gasteiger partial charge in [-0.15, -0.1) is 21.9 Å². The normalized spacial score (nSPS) is 12.1. The van der Waals surface area contributed by atoms with Gasteiger partial charge in [0.25, 0.3) is 5.56 Å². The molecule has 0 amide bonds. The van der Waals surface area contributed by atoms with Crippen LogP contribution in [0.3, 0.4) is 0 Å². The fourth-order valence-corrected chi connectivity index (χ4v) is 5.00. The van der Waals surface area contributed by atoms with Gasteiger partial charge in [0.2, 0.25) is 0 Å². The summed E-state index contributed by atoms with van der Waals surface area (Å²) in [4.78, 5) is 12.7. The second-order valence-electron chi connectivity index (χ2n) is 5.31. The van der Waals surface area contributed by atoms with E-state index in [0.29, 0.717) is 4.21 Å². The molecule has 0 saturated carbocycles. The topological polar surface area (TPSA) is 91.9 Å². The van der Waals surface area contributed by atoms with E-state index in [1.54, 1.807) is 19.2 Å². The minimum atomic E-state index is -3.21. The Balaban J connectivity index is 1.86. The van der Waals surface area contributed by atoms with Gasteiger partial charge in [0.15, 0.2) is 5.75 Å². The van der Waals surface area contributed by atoms with Crippen LogP contribution in [0.4, 0.5) is 0 Å². The molecule has 0 bridgehead atoms. The monoisotopic (exact) mass is 379 g/mol. The number of ether oxygens (including phenoxy) is 1. The average Bonchev–Trinajstić information content (AvgIpc) is 3.10. The van der Waals surface area contributed by atoms with Crippen molar-refractivity contribution in [3.05, 3.63) is 65.1 Å². The third kappa shape index (κ3) is 3.72. The Kier molecular flexibility index (Phi) is 4.87. The molecule has 0 aliphatic rings. The number of hydrogen-bond donors (Lipinski definition) is 3. The molecule has 6 nitrogen and oxygen atoms in total. The predicted molar refractivity (Wildman–Crippen MR) is 99.8 cm³/mol. The van der Waals surface area contributed by atoms with Gasteiger partial charge >= 0.3 is 0 Å². The van der Waals surface area contributed by atoms with Gasteiger partial charge in [-0.25, -0.2) is 0 Å². The minimum Gasteiger partial charge on any atom is -0.503 e. The molecule has 0 radical (unpaired) electrons. The van der Waals surface area contributed by atoms with E-state index in [1.165, 1.54) is 29.7 Å². The molecule has 0 saturated heterocycles. The van der Waals surface area contributed by atoms with Crippen LogP contribution in [0, 0.1) is 0 Å². The van der Waals surface area contributed by atoms with E-state index < -0.39 is 21.9 Å². The molecule has 0 atom stereocenters. The quantitative estimate of drug-likeness (QED) is 0.622. The van der Waals surface area contributed by atoms with Gasteiger partial charge in [-0.1, -0.05) is 0 Å². The molecule has 3 N–H and O–H groups in total. The van der Waals surface area contributed by atoms with Crippen LogP contribution in [0.1, 0.15) is 0 Å². The zero-order valence-electron chi connectivity index (χ0n) is 13.3. The largest absolute Gasteiger partial charge is 0.503 e. The van der Waals surface area contributed by atoms with Crippen LogP contribution in [0.2, 0.25) is 0 Å². The van der Waals surface area contributed by atoms with Gasteiger partial charge in [0.05, 0.1) is 7.11 Å². The number of pyridine rings is 1. The number of hydrogen-bond acceptors (Lipinski definition) is 6. The van der Waals surface area contributed by atoms with Crippen LogP contribution in [-0.4, -0.2) is 25.9 Å². The number of nitrogens with zero attached hydrogens (tertiary/aromatic N) is 1. The van der Waals surface area contributed by atoms with E-state index >= 15 is 0 Å². The van der Waals surface area contributed by atoms with Gasteiger partial charge in [0.1, 0.15) is 15.8 Å². The first-order valence-corrected chi connectivity index (χ1v) is 9.82. The van der Waals surface area contributed by atoms with Crippen molar-refractivity contribution in [3.63, 3.8) is 0 Å². The highest BCUT2D eigenvalue weighted by Gasteiger charge is 2.20. The molecule has 2 heterocycles. The molecule has 25 heavy (non-hydrogen) atoms. The van der Waals surface area contributed by atoms with Crippen LogP contribution in [0.15, 0.2) is 63.7 Å². The standard InChI is InChI=1S/C17H17NO5S2/c1-23-13-6-4-12(5-7-13)15-8-9-16(24-15)25(21,22)11-18-10-2-3-14(19)17(18)20/h2-10,19,21-22H,11H2,1H3. The van der Waals surface area contributed by atoms with Crippen molar-refractivity contribution in [3.8, 4) is 21.9 Å². The van der Waals surface area contributed by atoms with Crippen LogP contribution < -0.4 is 10.3 Å². The number of methoxy groups -OCH3 is 1. The Labute approximate surface area is 149 Å². The molecule has 3 rings (SSSR count). The van der Waals surface area contributed by atoms with E-state index in [1.807, 2.05) is 24.3 Å². The Morgan fingerprint density at radius 2 is 1.84 bits per heavy atom. The lowest BCUT2D eigenvalue weighted by Gasteiger charge is -2.31. The van der Waals surface area contributed by atoms with Crippen molar-refractivity contribution >= 4 is 21.9 Å². The smallest absolute Gasteiger partial charge is 0.293 e. The lowest BCUT2D eigenvalue weighted by molar-refractivity contribution is 0.415. The van der Waals surface area contributed by atoms with E-state index in [0.717, 1.165) is 20.8 Å². The van der Waals surface area contributed by atoms with Crippen LogP contribution in [-0.2, 0) is 5.88 Å². The van der Waals surface area contributed by atoms with Gasteiger partial charge < -0.3 is 9.84 Å². The third-order valence-electron chi connectivity index (χ3n) is 3.60. The fourth-order valence-electron chi connectivity index (χ4n) is 2.29. The number of aromatic hydroxyl groups is 1. The van der Waals surface area contributed by atoms with Crippen LogP contribution >= 0.6 is 21.9 Å². The summed E-state index contributed by atoms with van der Waals surface area (Å²) in [6, 6.07) is 13.6. The molecule has 132 valence electrons.